The van der Waals surface area contributed by atoms with Crippen LogP contribution in [0.4, 0.5) is 5.69 Å². The van der Waals surface area contributed by atoms with E-state index in [9.17, 15) is 14.4 Å². The van der Waals surface area contributed by atoms with Crippen molar-refractivity contribution in [2.75, 3.05) is 12.0 Å². The van der Waals surface area contributed by atoms with Gasteiger partial charge in [-0.25, -0.2) is 4.79 Å². The molecule has 0 aromatic heterocycles. The third kappa shape index (κ3) is 1.79. The van der Waals surface area contributed by atoms with Crippen LogP contribution in [0.1, 0.15) is 17.3 Å². The standard InChI is InChI=1S/C13H11NO4/c1-8(15)14-10-6-4-3-5-9(10)13(17)11(14)7-12(16)18-2/h3-7H,1-2H3/b11-7+. The number of nitrogens with zero attached hydrogens (tertiary/aromatic N) is 1. The summed E-state index contributed by atoms with van der Waals surface area (Å²) in [6.07, 6.45) is 1.03. The molecule has 1 heterocycles. The minimum atomic E-state index is -0.669. The topological polar surface area (TPSA) is 63.7 Å². The van der Waals surface area contributed by atoms with E-state index in [-0.39, 0.29) is 17.4 Å². The Labute approximate surface area is 104 Å². The van der Waals surface area contributed by atoms with Crippen LogP contribution in [0.5, 0.6) is 0 Å². The second-order valence-electron chi connectivity index (χ2n) is 3.75. The zero-order valence-electron chi connectivity index (χ0n) is 9.97. The van der Waals surface area contributed by atoms with E-state index in [0.29, 0.717) is 11.3 Å². The zero-order chi connectivity index (χ0) is 13.3. The number of allylic oxidation sites excluding steroid dienone is 1. The van der Waals surface area contributed by atoms with Crippen molar-refractivity contribution in [3.05, 3.63) is 41.6 Å². The third-order valence-electron chi connectivity index (χ3n) is 2.63. The Balaban J connectivity index is 2.57. The summed E-state index contributed by atoms with van der Waals surface area (Å²) in [7, 11) is 1.21. The molecule has 5 nitrogen and oxygen atoms in total. The van der Waals surface area contributed by atoms with Crippen molar-refractivity contribution in [1.29, 1.82) is 0 Å². The number of hydrogen-bond donors (Lipinski definition) is 0. The van der Waals surface area contributed by atoms with Gasteiger partial charge in [-0.05, 0) is 12.1 Å². The maximum absolute atomic E-state index is 12.1. The maximum Gasteiger partial charge on any atom is 0.332 e. The maximum atomic E-state index is 12.1. The molecule has 0 aliphatic carbocycles. The number of anilines is 1. The van der Waals surface area contributed by atoms with Gasteiger partial charge in [0.05, 0.1) is 18.9 Å². The van der Waals surface area contributed by atoms with Gasteiger partial charge in [0.1, 0.15) is 5.70 Å². The molecule has 1 aromatic carbocycles. The molecule has 0 N–H and O–H groups in total. The molecule has 1 amide bonds. The minimum Gasteiger partial charge on any atom is -0.466 e. The molecule has 0 saturated heterocycles. The average Bonchev–Trinajstić information content (AvgIpc) is 2.63. The summed E-state index contributed by atoms with van der Waals surface area (Å²) >= 11 is 0. The lowest BCUT2D eigenvalue weighted by atomic mass is 10.1. The molecule has 0 bridgehead atoms. The Morgan fingerprint density at radius 3 is 2.56 bits per heavy atom. The minimum absolute atomic E-state index is 0.0237. The number of carbonyl (C=O) groups is 3. The highest BCUT2D eigenvalue weighted by molar-refractivity contribution is 6.26. The first-order valence-electron chi connectivity index (χ1n) is 5.30. The van der Waals surface area contributed by atoms with Gasteiger partial charge in [-0.2, -0.15) is 0 Å². The third-order valence-corrected chi connectivity index (χ3v) is 2.63. The van der Waals surface area contributed by atoms with Crippen LogP contribution < -0.4 is 4.90 Å². The van der Waals surface area contributed by atoms with Gasteiger partial charge in [0.25, 0.3) is 0 Å². The molecule has 1 aliphatic heterocycles. The van der Waals surface area contributed by atoms with Crippen molar-refractivity contribution < 1.29 is 19.1 Å². The molecule has 0 unspecified atom stereocenters. The van der Waals surface area contributed by atoms with Crippen molar-refractivity contribution in [1.82, 2.24) is 0 Å². The van der Waals surface area contributed by atoms with E-state index in [1.807, 2.05) is 0 Å². The average molecular weight is 245 g/mol. The van der Waals surface area contributed by atoms with Gasteiger partial charge >= 0.3 is 5.97 Å². The second kappa shape index (κ2) is 4.44. The van der Waals surface area contributed by atoms with Crippen molar-refractivity contribution in [2.45, 2.75) is 6.92 Å². The van der Waals surface area contributed by atoms with Crippen molar-refractivity contribution in [3.63, 3.8) is 0 Å². The van der Waals surface area contributed by atoms with Gasteiger partial charge in [0.15, 0.2) is 0 Å². The Morgan fingerprint density at radius 2 is 1.94 bits per heavy atom. The molecule has 0 fully saturated rings. The summed E-state index contributed by atoms with van der Waals surface area (Å²) in [4.78, 5) is 36.2. The zero-order valence-corrected chi connectivity index (χ0v) is 9.97. The van der Waals surface area contributed by atoms with Crippen LogP contribution in [0.2, 0.25) is 0 Å². The van der Waals surface area contributed by atoms with Crippen LogP contribution in [0, 0.1) is 0 Å². The van der Waals surface area contributed by atoms with Crippen molar-refractivity contribution in [3.8, 4) is 0 Å². The first kappa shape index (κ1) is 12.0. The molecule has 1 aliphatic rings. The van der Waals surface area contributed by atoms with Crippen LogP contribution >= 0.6 is 0 Å². The van der Waals surface area contributed by atoms with Crippen LogP contribution in [0.15, 0.2) is 36.0 Å². The normalized spacial score (nSPS) is 15.8. The van der Waals surface area contributed by atoms with Gasteiger partial charge in [-0.15, -0.1) is 0 Å². The van der Waals surface area contributed by atoms with Crippen LogP contribution in [0.25, 0.3) is 0 Å². The molecule has 18 heavy (non-hydrogen) atoms. The number of hydrogen-bond acceptors (Lipinski definition) is 4. The molecule has 1 aromatic rings. The van der Waals surface area contributed by atoms with Crippen molar-refractivity contribution in [2.24, 2.45) is 0 Å². The van der Waals surface area contributed by atoms with Crippen LogP contribution in [-0.2, 0) is 14.3 Å². The predicted octanol–water partition coefficient (Wildman–Crippen LogP) is 1.29. The SMILES string of the molecule is COC(=O)/C=C1\C(=O)c2ccccc2N1C(C)=O. The number of para-hydroxylation sites is 1. The molecule has 5 heteroatoms. The number of rotatable bonds is 1. The van der Waals surface area contributed by atoms with E-state index < -0.39 is 5.97 Å². The van der Waals surface area contributed by atoms with Gasteiger partial charge < -0.3 is 4.74 Å². The summed E-state index contributed by atoms with van der Waals surface area (Å²) in [5.74, 6) is -1.35. The van der Waals surface area contributed by atoms with Crippen molar-refractivity contribution >= 4 is 23.3 Å². The monoisotopic (exact) mass is 245 g/mol. The number of benzene rings is 1. The van der Waals surface area contributed by atoms with E-state index in [4.69, 9.17) is 0 Å². The number of ketones is 1. The van der Waals surface area contributed by atoms with Crippen LogP contribution in [0.3, 0.4) is 0 Å². The second-order valence-corrected chi connectivity index (χ2v) is 3.75. The van der Waals surface area contributed by atoms with Crippen LogP contribution in [-0.4, -0.2) is 24.8 Å². The van der Waals surface area contributed by atoms with E-state index in [2.05, 4.69) is 4.74 Å². The predicted molar refractivity (Wildman–Crippen MR) is 64.0 cm³/mol. The summed E-state index contributed by atoms with van der Waals surface area (Å²) in [5.41, 5.74) is 0.920. The molecule has 92 valence electrons. The molecular weight excluding hydrogens is 234 g/mol. The summed E-state index contributed by atoms with van der Waals surface area (Å²) in [6, 6.07) is 6.71. The highest BCUT2D eigenvalue weighted by Crippen LogP contribution is 2.34. The fourth-order valence-corrected chi connectivity index (χ4v) is 1.87. The number of amides is 1. The molecular formula is C13H11NO4. The Kier molecular flexibility index (Phi) is 2.97. The smallest absolute Gasteiger partial charge is 0.332 e. The fourth-order valence-electron chi connectivity index (χ4n) is 1.87. The number of ether oxygens (including phenoxy) is 1. The number of methoxy groups -OCH3 is 1. The molecule has 0 spiro atoms. The summed E-state index contributed by atoms with van der Waals surface area (Å²) in [5, 5.41) is 0. The van der Waals surface area contributed by atoms with E-state index in [1.54, 1.807) is 24.3 Å². The lowest BCUT2D eigenvalue weighted by molar-refractivity contribution is -0.134. The van der Waals surface area contributed by atoms with E-state index in [0.717, 1.165) is 6.08 Å². The number of carbonyl (C=O) groups excluding carboxylic acids is 3. The molecule has 2 rings (SSSR count). The fraction of sp³-hybridized carbons (Fsp3) is 0.154. The van der Waals surface area contributed by atoms with Gasteiger partial charge in [0.2, 0.25) is 11.7 Å². The van der Waals surface area contributed by atoms with Gasteiger partial charge in [0, 0.05) is 12.5 Å². The summed E-state index contributed by atoms with van der Waals surface area (Å²) < 4.78 is 4.48. The number of Topliss-reactive ketones (excluding diaryl/α,β-unsaturated/α-hetero) is 1. The first-order valence-corrected chi connectivity index (χ1v) is 5.30. The van der Waals surface area contributed by atoms with E-state index in [1.165, 1.54) is 18.9 Å². The molecule has 0 saturated carbocycles. The Bertz CT molecular complexity index is 574. The first-order chi connectivity index (χ1) is 8.56. The van der Waals surface area contributed by atoms with Gasteiger partial charge in [-0.3, -0.25) is 14.5 Å². The van der Waals surface area contributed by atoms with E-state index >= 15 is 0 Å². The Hall–Kier alpha value is -2.43. The largest absolute Gasteiger partial charge is 0.466 e. The number of esters is 1. The quantitative estimate of drug-likeness (QED) is 0.552. The highest BCUT2D eigenvalue weighted by Gasteiger charge is 2.34. The van der Waals surface area contributed by atoms with Gasteiger partial charge in [-0.1, -0.05) is 12.1 Å². The number of fused-ring (bicyclic) bond motifs is 1. The lowest BCUT2D eigenvalue weighted by Crippen LogP contribution is -2.26. The molecule has 0 atom stereocenters. The Morgan fingerprint density at radius 1 is 1.28 bits per heavy atom. The molecule has 0 radical (unpaired) electrons. The summed E-state index contributed by atoms with van der Waals surface area (Å²) in [6.45, 7) is 1.33. The highest BCUT2D eigenvalue weighted by atomic mass is 16.5. The lowest BCUT2D eigenvalue weighted by Gasteiger charge is -2.15.